The highest BCUT2D eigenvalue weighted by molar-refractivity contribution is 5.91. The summed E-state index contributed by atoms with van der Waals surface area (Å²) >= 11 is 0. The quantitative estimate of drug-likeness (QED) is 0.936. The molecule has 110 valence electrons. The van der Waals surface area contributed by atoms with E-state index in [9.17, 15) is 0 Å². The summed E-state index contributed by atoms with van der Waals surface area (Å²) in [6.07, 6.45) is 5.31. The summed E-state index contributed by atoms with van der Waals surface area (Å²) in [6.45, 7) is 4.34. The second-order valence-corrected chi connectivity index (χ2v) is 6.53. The lowest BCUT2D eigenvalue weighted by Crippen LogP contribution is -2.46. The van der Waals surface area contributed by atoms with Gasteiger partial charge in [0.05, 0.1) is 11.2 Å². The molecule has 0 bridgehead atoms. The Kier molecular flexibility index (Phi) is 3.30. The van der Waals surface area contributed by atoms with Gasteiger partial charge < -0.3 is 10.2 Å². The summed E-state index contributed by atoms with van der Waals surface area (Å²) in [6, 6.07) is 12.3. The highest BCUT2D eigenvalue weighted by Crippen LogP contribution is 2.29. The third kappa shape index (κ3) is 2.75. The van der Waals surface area contributed by atoms with Crippen molar-refractivity contribution in [3.8, 4) is 0 Å². The SMILES string of the molecule is Cc1ccc2cccc(N3CCCC(NC4CC4)C3)c2n1. The molecule has 1 aromatic carbocycles. The van der Waals surface area contributed by atoms with Crippen molar-refractivity contribution in [2.75, 3.05) is 18.0 Å². The molecule has 2 aromatic rings. The minimum atomic E-state index is 0.645. The predicted molar refractivity (Wildman–Crippen MR) is 87.9 cm³/mol. The Morgan fingerprint density at radius 3 is 2.86 bits per heavy atom. The first-order valence-corrected chi connectivity index (χ1v) is 8.17. The monoisotopic (exact) mass is 281 g/mol. The molecular weight excluding hydrogens is 258 g/mol. The fourth-order valence-electron chi connectivity index (χ4n) is 3.40. The van der Waals surface area contributed by atoms with Crippen molar-refractivity contribution in [1.29, 1.82) is 0 Å². The Morgan fingerprint density at radius 1 is 1.10 bits per heavy atom. The molecule has 1 unspecified atom stereocenters. The van der Waals surface area contributed by atoms with E-state index in [1.165, 1.54) is 36.8 Å². The predicted octanol–water partition coefficient (Wildman–Crippen LogP) is 3.26. The van der Waals surface area contributed by atoms with Crippen molar-refractivity contribution in [3.05, 3.63) is 36.0 Å². The average molecular weight is 281 g/mol. The zero-order valence-electron chi connectivity index (χ0n) is 12.7. The number of pyridine rings is 1. The van der Waals surface area contributed by atoms with Crippen LogP contribution in [0.4, 0.5) is 5.69 Å². The van der Waals surface area contributed by atoms with Crippen LogP contribution in [-0.4, -0.2) is 30.2 Å². The average Bonchev–Trinajstić information content (AvgIpc) is 3.31. The van der Waals surface area contributed by atoms with E-state index < -0.39 is 0 Å². The lowest BCUT2D eigenvalue weighted by molar-refractivity contribution is 0.421. The fraction of sp³-hybridized carbons (Fsp3) is 0.500. The number of benzene rings is 1. The van der Waals surface area contributed by atoms with E-state index >= 15 is 0 Å². The maximum atomic E-state index is 4.79. The molecular formula is C18H23N3. The number of para-hydroxylation sites is 1. The lowest BCUT2D eigenvalue weighted by atomic mass is 10.0. The van der Waals surface area contributed by atoms with Crippen LogP contribution in [0.5, 0.6) is 0 Å². The molecule has 2 heterocycles. The van der Waals surface area contributed by atoms with Gasteiger partial charge in [0.2, 0.25) is 0 Å². The molecule has 1 saturated heterocycles. The number of nitrogens with zero attached hydrogens (tertiary/aromatic N) is 2. The van der Waals surface area contributed by atoms with Gasteiger partial charge in [-0.15, -0.1) is 0 Å². The van der Waals surface area contributed by atoms with E-state index in [1.54, 1.807) is 0 Å². The number of aryl methyl sites for hydroxylation is 1. The molecule has 3 heteroatoms. The van der Waals surface area contributed by atoms with Gasteiger partial charge in [-0.3, -0.25) is 4.98 Å². The summed E-state index contributed by atoms with van der Waals surface area (Å²) in [5, 5.41) is 5.04. The van der Waals surface area contributed by atoms with Gasteiger partial charge in [-0.25, -0.2) is 0 Å². The first kappa shape index (κ1) is 13.1. The molecule has 21 heavy (non-hydrogen) atoms. The van der Waals surface area contributed by atoms with Crippen LogP contribution >= 0.6 is 0 Å². The topological polar surface area (TPSA) is 28.2 Å². The Hall–Kier alpha value is -1.61. The largest absolute Gasteiger partial charge is 0.368 e. The Balaban J connectivity index is 1.63. The summed E-state index contributed by atoms with van der Waals surface area (Å²) in [7, 11) is 0. The smallest absolute Gasteiger partial charge is 0.0938 e. The van der Waals surface area contributed by atoms with E-state index in [0.29, 0.717) is 6.04 Å². The molecule has 2 aliphatic rings. The summed E-state index contributed by atoms with van der Waals surface area (Å²) in [5.74, 6) is 0. The molecule has 0 radical (unpaired) electrons. The number of hydrogen-bond acceptors (Lipinski definition) is 3. The van der Waals surface area contributed by atoms with Gasteiger partial charge in [-0.1, -0.05) is 18.2 Å². The summed E-state index contributed by atoms with van der Waals surface area (Å²) < 4.78 is 0. The van der Waals surface area contributed by atoms with Gasteiger partial charge in [-0.05, 0) is 44.7 Å². The van der Waals surface area contributed by atoms with E-state index in [1.807, 2.05) is 0 Å². The van der Waals surface area contributed by atoms with Gasteiger partial charge in [0, 0.05) is 36.3 Å². The van der Waals surface area contributed by atoms with Gasteiger partial charge >= 0.3 is 0 Å². The van der Waals surface area contributed by atoms with Crippen LogP contribution in [0.25, 0.3) is 10.9 Å². The van der Waals surface area contributed by atoms with Crippen molar-refractivity contribution >= 4 is 16.6 Å². The minimum absolute atomic E-state index is 0.645. The summed E-state index contributed by atoms with van der Waals surface area (Å²) in [4.78, 5) is 7.31. The molecule has 1 saturated carbocycles. The van der Waals surface area contributed by atoms with E-state index in [4.69, 9.17) is 4.98 Å². The molecule has 2 fully saturated rings. The van der Waals surface area contributed by atoms with Crippen LogP contribution in [0, 0.1) is 6.92 Å². The van der Waals surface area contributed by atoms with Crippen LogP contribution in [0.15, 0.2) is 30.3 Å². The second kappa shape index (κ2) is 5.30. The molecule has 1 aliphatic heterocycles. The first-order valence-electron chi connectivity index (χ1n) is 8.17. The number of aromatic nitrogens is 1. The third-order valence-corrected chi connectivity index (χ3v) is 4.65. The molecule has 0 amide bonds. The van der Waals surface area contributed by atoms with Crippen LogP contribution in [-0.2, 0) is 0 Å². The highest BCUT2D eigenvalue weighted by atomic mass is 15.2. The zero-order chi connectivity index (χ0) is 14.2. The molecule has 1 aliphatic carbocycles. The molecule has 1 atom stereocenters. The number of piperidine rings is 1. The van der Waals surface area contributed by atoms with Crippen molar-refractivity contribution in [1.82, 2.24) is 10.3 Å². The van der Waals surface area contributed by atoms with Gasteiger partial charge in [-0.2, -0.15) is 0 Å². The third-order valence-electron chi connectivity index (χ3n) is 4.65. The van der Waals surface area contributed by atoms with E-state index in [0.717, 1.165) is 30.3 Å². The number of hydrogen-bond donors (Lipinski definition) is 1. The maximum Gasteiger partial charge on any atom is 0.0938 e. The fourth-order valence-corrected chi connectivity index (χ4v) is 3.40. The molecule has 4 rings (SSSR count). The normalized spacial score (nSPS) is 22.7. The Bertz CT molecular complexity index is 648. The van der Waals surface area contributed by atoms with Crippen molar-refractivity contribution in [2.45, 2.75) is 44.7 Å². The van der Waals surface area contributed by atoms with Crippen LogP contribution in [0.1, 0.15) is 31.4 Å². The zero-order valence-corrected chi connectivity index (χ0v) is 12.7. The number of nitrogens with one attached hydrogen (secondary N) is 1. The molecule has 0 spiro atoms. The minimum Gasteiger partial charge on any atom is -0.368 e. The van der Waals surface area contributed by atoms with E-state index in [-0.39, 0.29) is 0 Å². The standard InChI is InChI=1S/C18H23N3/c1-13-7-8-14-4-2-6-17(18(14)19-13)21-11-3-5-16(12-21)20-15-9-10-15/h2,4,6-8,15-16,20H,3,5,9-12H2,1H3. The number of fused-ring (bicyclic) bond motifs is 1. The molecule has 1 N–H and O–H groups in total. The van der Waals surface area contributed by atoms with Crippen LogP contribution in [0.2, 0.25) is 0 Å². The highest BCUT2D eigenvalue weighted by Gasteiger charge is 2.28. The number of anilines is 1. The van der Waals surface area contributed by atoms with Crippen LogP contribution < -0.4 is 10.2 Å². The van der Waals surface area contributed by atoms with E-state index in [2.05, 4.69) is 47.5 Å². The molecule has 3 nitrogen and oxygen atoms in total. The number of rotatable bonds is 3. The van der Waals surface area contributed by atoms with Gasteiger partial charge in [0.25, 0.3) is 0 Å². The van der Waals surface area contributed by atoms with Crippen molar-refractivity contribution in [3.63, 3.8) is 0 Å². The lowest BCUT2D eigenvalue weighted by Gasteiger charge is -2.35. The maximum absolute atomic E-state index is 4.79. The van der Waals surface area contributed by atoms with Crippen molar-refractivity contribution < 1.29 is 0 Å². The first-order chi connectivity index (χ1) is 10.3. The Morgan fingerprint density at radius 2 is 2.00 bits per heavy atom. The summed E-state index contributed by atoms with van der Waals surface area (Å²) in [5.41, 5.74) is 3.56. The second-order valence-electron chi connectivity index (χ2n) is 6.53. The van der Waals surface area contributed by atoms with Gasteiger partial charge in [0.1, 0.15) is 0 Å². The van der Waals surface area contributed by atoms with Crippen molar-refractivity contribution in [2.24, 2.45) is 0 Å². The van der Waals surface area contributed by atoms with Crippen LogP contribution in [0.3, 0.4) is 0 Å². The van der Waals surface area contributed by atoms with Gasteiger partial charge in [0.15, 0.2) is 0 Å². The molecule has 1 aromatic heterocycles. The Labute approximate surface area is 126 Å².